The van der Waals surface area contributed by atoms with Crippen molar-refractivity contribution >= 4 is 35.8 Å². The average molecular weight is 496 g/mol. The van der Waals surface area contributed by atoms with Crippen LogP contribution in [0.3, 0.4) is 0 Å². The van der Waals surface area contributed by atoms with Gasteiger partial charge in [0.1, 0.15) is 5.75 Å². The monoisotopic (exact) mass is 496 g/mol. The molecule has 2 rings (SSSR count). The van der Waals surface area contributed by atoms with Crippen molar-refractivity contribution in [2.24, 2.45) is 4.99 Å². The third kappa shape index (κ3) is 8.16. The highest BCUT2D eigenvalue weighted by molar-refractivity contribution is 14.0. The summed E-state index contributed by atoms with van der Waals surface area (Å²) < 4.78 is 5.10. The topological polar surface area (TPSA) is 74.8 Å². The first-order chi connectivity index (χ1) is 13.1. The number of carbonyl (C=O) groups excluding carboxylic acids is 1. The van der Waals surface area contributed by atoms with Gasteiger partial charge in [-0.3, -0.25) is 4.79 Å². The van der Waals surface area contributed by atoms with Crippen molar-refractivity contribution in [3.63, 3.8) is 0 Å². The van der Waals surface area contributed by atoms with Gasteiger partial charge in [-0.25, -0.2) is 4.99 Å². The number of hydrogen-bond acceptors (Lipinski definition) is 3. The van der Waals surface area contributed by atoms with Crippen LogP contribution in [0.5, 0.6) is 5.75 Å². The van der Waals surface area contributed by atoms with Crippen molar-refractivity contribution in [3.8, 4) is 5.75 Å². The Morgan fingerprint density at radius 1 is 0.964 bits per heavy atom. The van der Waals surface area contributed by atoms with Crippen LogP contribution in [-0.4, -0.2) is 38.6 Å². The molecule has 0 unspecified atom stereocenters. The van der Waals surface area contributed by atoms with E-state index >= 15 is 0 Å². The van der Waals surface area contributed by atoms with Gasteiger partial charge in [0.15, 0.2) is 5.96 Å². The molecular weight excluding hydrogens is 467 g/mol. The summed E-state index contributed by atoms with van der Waals surface area (Å²) in [4.78, 5) is 16.7. The number of nitrogens with one attached hydrogen (secondary N) is 3. The van der Waals surface area contributed by atoms with Crippen molar-refractivity contribution in [1.82, 2.24) is 16.0 Å². The molecular formula is C21H29IN4O2. The summed E-state index contributed by atoms with van der Waals surface area (Å²) in [5.41, 5.74) is 3.00. The highest BCUT2D eigenvalue weighted by Crippen LogP contribution is 2.10. The Hall–Kier alpha value is -2.29. The lowest BCUT2D eigenvalue weighted by molar-refractivity contribution is 0.0954. The Balaban J connectivity index is 0.00000392. The minimum absolute atomic E-state index is 0. The van der Waals surface area contributed by atoms with Gasteiger partial charge in [-0.15, -0.1) is 24.0 Å². The summed E-state index contributed by atoms with van der Waals surface area (Å²) in [6, 6.07) is 15.4. The van der Waals surface area contributed by atoms with Gasteiger partial charge in [0.2, 0.25) is 0 Å². The molecule has 1 amide bonds. The van der Waals surface area contributed by atoms with Crippen LogP contribution in [0, 0.1) is 6.92 Å². The molecule has 2 aromatic carbocycles. The number of benzene rings is 2. The van der Waals surface area contributed by atoms with E-state index in [2.05, 4.69) is 52.1 Å². The van der Waals surface area contributed by atoms with E-state index in [-0.39, 0.29) is 29.9 Å². The van der Waals surface area contributed by atoms with E-state index < -0.39 is 0 Å². The smallest absolute Gasteiger partial charge is 0.251 e. The van der Waals surface area contributed by atoms with Crippen LogP contribution < -0.4 is 20.7 Å². The van der Waals surface area contributed by atoms with Crippen molar-refractivity contribution in [2.45, 2.75) is 20.4 Å². The Bertz CT molecular complexity index is 746. The Morgan fingerprint density at radius 2 is 1.61 bits per heavy atom. The molecule has 0 heterocycles. The van der Waals surface area contributed by atoms with Crippen LogP contribution in [0.2, 0.25) is 0 Å². The second-order valence-electron chi connectivity index (χ2n) is 6.09. The number of rotatable bonds is 8. The molecule has 0 aliphatic heterocycles. The van der Waals surface area contributed by atoms with Crippen LogP contribution in [0.4, 0.5) is 0 Å². The maximum atomic E-state index is 12.1. The molecule has 0 aromatic heterocycles. The first kappa shape index (κ1) is 23.7. The van der Waals surface area contributed by atoms with Gasteiger partial charge >= 0.3 is 0 Å². The number of hydrogen-bond donors (Lipinski definition) is 3. The third-order valence-corrected chi connectivity index (χ3v) is 3.94. The molecule has 2 aromatic rings. The number of carbonyl (C=O) groups is 1. The fourth-order valence-corrected chi connectivity index (χ4v) is 2.41. The lowest BCUT2D eigenvalue weighted by atomic mass is 10.1. The molecule has 6 nitrogen and oxygen atoms in total. The summed E-state index contributed by atoms with van der Waals surface area (Å²) in [5.74, 6) is 1.35. The summed E-state index contributed by atoms with van der Waals surface area (Å²) >= 11 is 0. The number of amides is 1. The summed E-state index contributed by atoms with van der Waals surface area (Å²) in [5, 5.41) is 9.33. The van der Waals surface area contributed by atoms with E-state index in [9.17, 15) is 4.79 Å². The molecule has 0 spiro atoms. The SMILES string of the molecule is CCNC(=NCc1ccc(C)cc1)NCCNC(=O)c1ccc(OC)cc1.I. The van der Waals surface area contributed by atoms with Gasteiger partial charge in [0.25, 0.3) is 5.91 Å². The van der Waals surface area contributed by atoms with Crippen molar-refractivity contribution < 1.29 is 9.53 Å². The molecule has 0 fully saturated rings. The van der Waals surface area contributed by atoms with E-state index in [0.29, 0.717) is 25.2 Å². The zero-order chi connectivity index (χ0) is 19.5. The normalized spacial score (nSPS) is 10.6. The van der Waals surface area contributed by atoms with E-state index in [1.165, 1.54) is 5.56 Å². The summed E-state index contributed by atoms with van der Waals surface area (Å²) in [6.45, 7) is 6.56. The van der Waals surface area contributed by atoms with Crippen molar-refractivity contribution in [1.29, 1.82) is 0 Å². The quantitative estimate of drug-likeness (QED) is 0.227. The Morgan fingerprint density at radius 3 is 2.21 bits per heavy atom. The molecule has 0 saturated carbocycles. The van der Waals surface area contributed by atoms with Crippen LogP contribution >= 0.6 is 24.0 Å². The van der Waals surface area contributed by atoms with E-state index in [1.807, 2.05) is 6.92 Å². The molecule has 0 atom stereocenters. The first-order valence-corrected chi connectivity index (χ1v) is 9.12. The molecule has 0 bridgehead atoms. The predicted molar refractivity (Wildman–Crippen MR) is 125 cm³/mol. The van der Waals surface area contributed by atoms with Crippen LogP contribution in [0.25, 0.3) is 0 Å². The number of methoxy groups -OCH3 is 1. The number of nitrogens with zero attached hydrogens (tertiary/aromatic N) is 1. The maximum Gasteiger partial charge on any atom is 0.251 e. The van der Waals surface area contributed by atoms with Crippen LogP contribution in [0.15, 0.2) is 53.5 Å². The van der Waals surface area contributed by atoms with Gasteiger partial charge in [-0.05, 0) is 43.7 Å². The number of halogens is 1. The predicted octanol–water partition coefficient (Wildman–Crippen LogP) is 3.11. The highest BCUT2D eigenvalue weighted by Gasteiger charge is 2.05. The molecule has 7 heteroatoms. The first-order valence-electron chi connectivity index (χ1n) is 9.12. The lowest BCUT2D eigenvalue weighted by Crippen LogP contribution is -2.41. The molecule has 3 N–H and O–H groups in total. The number of guanidine groups is 1. The van der Waals surface area contributed by atoms with Crippen LogP contribution in [-0.2, 0) is 6.54 Å². The number of ether oxygens (including phenoxy) is 1. The number of aliphatic imine (C=N–C) groups is 1. The zero-order valence-electron chi connectivity index (χ0n) is 16.6. The molecule has 0 saturated heterocycles. The van der Waals surface area contributed by atoms with Crippen molar-refractivity contribution in [3.05, 3.63) is 65.2 Å². The number of aryl methyl sites for hydroxylation is 1. The standard InChI is InChI=1S/C21H28N4O2.HI/c1-4-22-21(25-15-17-7-5-16(2)6-8-17)24-14-13-23-20(26)18-9-11-19(27-3)12-10-18;/h5-12H,4,13-15H2,1-3H3,(H,23,26)(H2,22,24,25);1H. The molecule has 28 heavy (non-hydrogen) atoms. The Labute approximate surface area is 184 Å². The van der Waals surface area contributed by atoms with Gasteiger partial charge < -0.3 is 20.7 Å². The van der Waals surface area contributed by atoms with Gasteiger partial charge in [-0.2, -0.15) is 0 Å². The maximum absolute atomic E-state index is 12.1. The summed E-state index contributed by atoms with van der Waals surface area (Å²) in [6.07, 6.45) is 0. The summed E-state index contributed by atoms with van der Waals surface area (Å²) in [7, 11) is 1.60. The Kier molecular flexibility index (Phi) is 11.0. The van der Waals surface area contributed by atoms with Gasteiger partial charge in [-0.1, -0.05) is 29.8 Å². The largest absolute Gasteiger partial charge is 0.497 e. The molecule has 152 valence electrons. The van der Waals surface area contributed by atoms with E-state index in [0.717, 1.165) is 23.8 Å². The van der Waals surface area contributed by atoms with Gasteiger partial charge in [0.05, 0.1) is 13.7 Å². The average Bonchev–Trinajstić information content (AvgIpc) is 2.70. The minimum atomic E-state index is -0.110. The third-order valence-electron chi connectivity index (χ3n) is 3.94. The minimum Gasteiger partial charge on any atom is -0.497 e. The molecule has 0 aliphatic carbocycles. The zero-order valence-corrected chi connectivity index (χ0v) is 18.9. The fourth-order valence-electron chi connectivity index (χ4n) is 2.41. The van der Waals surface area contributed by atoms with Gasteiger partial charge in [0, 0.05) is 25.2 Å². The fraction of sp³-hybridized carbons (Fsp3) is 0.333. The molecule has 0 radical (unpaired) electrons. The second-order valence-corrected chi connectivity index (χ2v) is 6.09. The van der Waals surface area contributed by atoms with Crippen LogP contribution in [0.1, 0.15) is 28.4 Å². The molecule has 0 aliphatic rings. The lowest BCUT2D eigenvalue weighted by Gasteiger charge is -2.12. The highest BCUT2D eigenvalue weighted by atomic mass is 127. The second kappa shape index (κ2) is 13.0. The van der Waals surface area contributed by atoms with E-state index in [1.54, 1.807) is 31.4 Å². The van der Waals surface area contributed by atoms with E-state index in [4.69, 9.17) is 4.74 Å². The van der Waals surface area contributed by atoms with Crippen molar-refractivity contribution in [2.75, 3.05) is 26.7 Å².